The van der Waals surface area contributed by atoms with Crippen LogP contribution in [0.3, 0.4) is 0 Å². The maximum atomic E-state index is 6.25. The van der Waals surface area contributed by atoms with E-state index < -0.39 is 0 Å². The Morgan fingerprint density at radius 3 is 2.61 bits per heavy atom. The lowest BCUT2D eigenvalue weighted by Crippen LogP contribution is -2.11. The van der Waals surface area contributed by atoms with E-state index in [4.69, 9.17) is 29.0 Å². The van der Waals surface area contributed by atoms with Crippen LogP contribution < -0.4 is 11.3 Å². The number of benzene rings is 1. The molecule has 0 amide bonds. The number of nitrogen functional groups attached to an aromatic ring is 1. The number of pyridine rings is 1. The molecule has 0 saturated carbocycles. The van der Waals surface area contributed by atoms with Crippen LogP contribution in [-0.4, -0.2) is 4.98 Å². The molecule has 3 N–H and O–H groups in total. The smallest absolute Gasteiger partial charge is 0.0928 e. The van der Waals surface area contributed by atoms with Gasteiger partial charge in [0.1, 0.15) is 0 Å². The van der Waals surface area contributed by atoms with Crippen LogP contribution in [0.25, 0.3) is 10.9 Å². The molecule has 0 aliphatic carbocycles. The number of nitrogens with zero attached hydrogens (tertiary/aromatic N) is 1. The fourth-order valence-electron chi connectivity index (χ4n) is 1.98. The van der Waals surface area contributed by atoms with Crippen LogP contribution in [0.2, 0.25) is 10.0 Å². The van der Waals surface area contributed by atoms with Gasteiger partial charge in [-0.3, -0.25) is 10.8 Å². The summed E-state index contributed by atoms with van der Waals surface area (Å²) in [5.74, 6) is 5.61. The van der Waals surface area contributed by atoms with Crippen molar-refractivity contribution in [2.75, 3.05) is 5.43 Å². The van der Waals surface area contributed by atoms with Gasteiger partial charge >= 0.3 is 0 Å². The summed E-state index contributed by atoms with van der Waals surface area (Å²) in [6.45, 7) is 4.02. The van der Waals surface area contributed by atoms with Gasteiger partial charge < -0.3 is 5.43 Å². The Bertz CT molecular complexity index is 629. The number of hydrogen-bond acceptors (Lipinski definition) is 3. The van der Waals surface area contributed by atoms with Crippen LogP contribution in [0, 0.1) is 6.92 Å². The third-order valence-electron chi connectivity index (χ3n) is 2.94. The topological polar surface area (TPSA) is 50.9 Å². The number of aryl methyl sites for hydroxylation is 1. The first-order valence-corrected chi connectivity index (χ1v) is 6.99. The molecule has 0 atom stereocenters. The summed E-state index contributed by atoms with van der Waals surface area (Å²) in [4.78, 5) is 4.57. The fourth-order valence-corrected chi connectivity index (χ4v) is 2.91. The van der Waals surface area contributed by atoms with Crippen molar-refractivity contribution in [1.82, 2.24) is 4.98 Å². The Balaban J connectivity index is 2.97. The molecular formula is C12H12BrCl2N3. The first kappa shape index (κ1) is 13.9. The molecule has 1 aromatic carbocycles. The lowest BCUT2D eigenvalue weighted by molar-refractivity contribution is 1.03. The lowest BCUT2D eigenvalue weighted by atomic mass is 10.1. The Morgan fingerprint density at radius 1 is 1.39 bits per heavy atom. The summed E-state index contributed by atoms with van der Waals surface area (Å²) in [5, 5.41) is 1.76. The van der Waals surface area contributed by atoms with Gasteiger partial charge in [-0.1, -0.05) is 30.1 Å². The third kappa shape index (κ3) is 2.07. The van der Waals surface area contributed by atoms with Gasteiger partial charge in [0.05, 0.1) is 21.2 Å². The average Bonchev–Trinajstić information content (AvgIpc) is 2.36. The molecule has 0 bridgehead atoms. The number of hydrogen-bond donors (Lipinski definition) is 2. The Kier molecular flexibility index (Phi) is 4.02. The van der Waals surface area contributed by atoms with Crippen molar-refractivity contribution in [2.24, 2.45) is 5.84 Å². The Labute approximate surface area is 124 Å². The van der Waals surface area contributed by atoms with E-state index in [-0.39, 0.29) is 0 Å². The predicted molar refractivity (Wildman–Crippen MR) is 81.4 cm³/mol. The second-order valence-electron chi connectivity index (χ2n) is 3.94. The molecule has 0 unspecified atom stereocenters. The molecule has 96 valence electrons. The summed E-state index contributed by atoms with van der Waals surface area (Å²) >= 11 is 15.7. The van der Waals surface area contributed by atoms with Crippen molar-refractivity contribution in [3.8, 4) is 0 Å². The molecule has 0 aliphatic rings. The number of nitrogens with one attached hydrogen (secondary N) is 1. The monoisotopic (exact) mass is 347 g/mol. The van der Waals surface area contributed by atoms with Gasteiger partial charge in [-0.2, -0.15) is 0 Å². The van der Waals surface area contributed by atoms with Crippen molar-refractivity contribution in [3.63, 3.8) is 0 Å². The molecule has 0 spiro atoms. The number of rotatable bonds is 2. The van der Waals surface area contributed by atoms with Gasteiger partial charge in [-0.15, -0.1) is 0 Å². The summed E-state index contributed by atoms with van der Waals surface area (Å²) in [6, 6.07) is 1.87. The summed E-state index contributed by atoms with van der Waals surface area (Å²) in [6.07, 6.45) is 0.806. The van der Waals surface area contributed by atoms with Gasteiger partial charge in [0, 0.05) is 15.6 Å². The minimum absolute atomic E-state index is 0.437. The minimum Gasteiger partial charge on any atom is -0.323 e. The van der Waals surface area contributed by atoms with Crippen molar-refractivity contribution >= 4 is 55.7 Å². The van der Waals surface area contributed by atoms with Gasteiger partial charge in [0.2, 0.25) is 0 Å². The van der Waals surface area contributed by atoms with E-state index >= 15 is 0 Å². The van der Waals surface area contributed by atoms with Gasteiger partial charge in [0.15, 0.2) is 0 Å². The van der Waals surface area contributed by atoms with Crippen molar-refractivity contribution in [2.45, 2.75) is 20.3 Å². The molecule has 6 heteroatoms. The maximum absolute atomic E-state index is 6.25. The molecule has 0 aliphatic heterocycles. The molecule has 1 heterocycles. The second kappa shape index (κ2) is 5.21. The zero-order valence-corrected chi connectivity index (χ0v) is 13.0. The third-order valence-corrected chi connectivity index (χ3v) is 4.65. The number of fused-ring (bicyclic) bond motifs is 1. The molecule has 2 rings (SSSR count). The van der Waals surface area contributed by atoms with E-state index in [9.17, 15) is 0 Å². The van der Waals surface area contributed by atoms with Crippen molar-refractivity contribution in [3.05, 3.63) is 31.8 Å². The summed E-state index contributed by atoms with van der Waals surface area (Å²) < 4.78 is 0.726. The zero-order chi connectivity index (χ0) is 13.4. The van der Waals surface area contributed by atoms with E-state index in [0.717, 1.165) is 33.2 Å². The van der Waals surface area contributed by atoms with Crippen molar-refractivity contribution in [1.29, 1.82) is 0 Å². The SMILES string of the molecule is CCc1nc2c(Cl)c(Cl)c(Br)cc2c(NN)c1C. The quantitative estimate of drug-likeness (QED) is 0.478. The standard InChI is InChI=1S/C12H12BrCl2N3/c1-3-8-5(2)11(18-16)6-4-7(13)9(14)10(15)12(6)17-8/h4H,3,16H2,1-2H3,(H,17,18). The molecule has 18 heavy (non-hydrogen) atoms. The number of nitrogens with two attached hydrogens (primary N) is 1. The van der Waals surface area contributed by atoms with Gasteiger partial charge in [-0.05, 0) is 40.9 Å². The minimum atomic E-state index is 0.437. The number of aromatic nitrogens is 1. The highest BCUT2D eigenvalue weighted by molar-refractivity contribution is 9.10. The average molecular weight is 349 g/mol. The lowest BCUT2D eigenvalue weighted by Gasteiger charge is -2.15. The van der Waals surface area contributed by atoms with E-state index in [1.165, 1.54) is 0 Å². The van der Waals surface area contributed by atoms with Crippen LogP contribution in [0.1, 0.15) is 18.2 Å². The largest absolute Gasteiger partial charge is 0.323 e. The van der Waals surface area contributed by atoms with Crippen molar-refractivity contribution < 1.29 is 0 Å². The van der Waals surface area contributed by atoms with Crippen LogP contribution in [-0.2, 0) is 6.42 Å². The highest BCUT2D eigenvalue weighted by atomic mass is 79.9. The van der Waals surface area contributed by atoms with E-state index in [0.29, 0.717) is 15.6 Å². The molecule has 1 aromatic heterocycles. The fraction of sp³-hybridized carbons (Fsp3) is 0.250. The molecule has 3 nitrogen and oxygen atoms in total. The molecular weight excluding hydrogens is 337 g/mol. The Morgan fingerprint density at radius 2 is 2.06 bits per heavy atom. The zero-order valence-electron chi connectivity index (χ0n) is 9.94. The molecule has 0 radical (unpaired) electrons. The van der Waals surface area contributed by atoms with Crippen LogP contribution in [0.15, 0.2) is 10.5 Å². The molecule has 2 aromatic rings. The maximum Gasteiger partial charge on any atom is 0.0928 e. The first-order chi connectivity index (χ1) is 8.51. The number of hydrazine groups is 1. The molecule has 0 saturated heterocycles. The number of anilines is 1. The van der Waals surface area contributed by atoms with Crippen LogP contribution >= 0.6 is 39.1 Å². The van der Waals surface area contributed by atoms with E-state index in [1.54, 1.807) is 0 Å². The van der Waals surface area contributed by atoms with E-state index in [1.807, 2.05) is 19.9 Å². The highest BCUT2D eigenvalue weighted by Crippen LogP contribution is 2.40. The van der Waals surface area contributed by atoms with Gasteiger partial charge in [0.25, 0.3) is 0 Å². The predicted octanol–water partition coefficient (Wildman–Crippen LogP) is 4.46. The van der Waals surface area contributed by atoms with Crippen LogP contribution in [0.4, 0.5) is 5.69 Å². The summed E-state index contributed by atoms with van der Waals surface area (Å²) in [7, 11) is 0. The molecule has 0 fully saturated rings. The van der Waals surface area contributed by atoms with Gasteiger partial charge in [-0.25, -0.2) is 0 Å². The Hall–Kier alpha value is -0.550. The summed E-state index contributed by atoms with van der Waals surface area (Å²) in [5.41, 5.74) is 6.20. The number of halogens is 3. The normalized spacial score (nSPS) is 11.0. The van der Waals surface area contributed by atoms with Crippen LogP contribution in [0.5, 0.6) is 0 Å². The van der Waals surface area contributed by atoms with E-state index in [2.05, 4.69) is 26.3 Å². The second-order valence-corrected chi connectivity index (χ2v) is 5.55. The first-order valence-electron chi connectivity index (χ1n) is 5.44. The highest BCUT2D eigenvalue weighted by Gasteiger charge is 2.16.